The summed E-state index contributed by atoms with van der Waals surface area (Å²) >= 11 is 0. The molecule has 0 unspecified atom stereocenters. The Bertz CT molecular complexity index is 1550. The molecule has 0 atom stereocenters. The van der Waals surface area contributed by atoms with Crippen molar-refractivity contribution in [2.75, 3.05) is 18.5 Å². The molecule has 0 saturated carbocycles. The van der Waals surface area contributed by atoms with E-state index in [1.807, 2.05) is 0 Å². The number of hydrogen-bond acceptors (Lipinski definition) is 4. The Morgan fingerprint density at radius 1 is 0.951 bits per heavy atom. The van der Waals surface area contributed by atoms with Gasteiger partial charge in [0.05, 0.1) is 10.3 Å². The van der Waals surface area contributed by atoms with Gasteiger partial charge in [0.15, 0.2) is 5.71 Å². The van der Waals surface area contributed by atoms with Gasteiger partial charge in [-0.2, -0.15) is 13.0 Å². The molecule has 2 aromatic carbocycles. The molecule has 41 heavy (non-hydrogen) atoms. The van der Waals surface area contributed by atoms with E-state index in [4.69, 9.17) is 5.11 Å². The molecule has 8 heteroatoms. The van der Waals surface area contributed by atoms with Crippen LogP contribution in [0.25, 0.3) is 0 Å². The summed E-state index contributed by atoms with van der Waals surface area (Å²) in [6.07, 6.45) is 11.1. The number of anilines is 1. The maximum absolute atomic E-state index is 11.9. The molecule has 7 nitrogen and oxygen atoms in total. The fraction of sp³-hybridized carbons (Fsp3) is 0.455. The lowest BCUT2D eigenvalue weighted by Crippen LogP contribution is -2.27. The minimum Gasteiger partial charge on any atom is -0.481 e. The zero-order valence-electron chi connectivity index (χ0n) is 25.1. The van der Waals surface area contributed by atoms with Gasteiger partial charge in [0.2, 0.25) is 5.69 Å². The molecule has 0 spiro atoms. The van der Waals surface area contributed by atoms with Gasteiger partial charge >= 0.3 is 5.97 Å². The molecule has 0 fully saturated rings. The van der Waals surface area contributed by atoms with Crippen molar-refractivity contribution in [3.05, 3.63) is 77.0 Å². The van der Waals surface area contributed by atoms with Crippen molar-refractivity contribution in [1.82, 2.24) is 0 Å². The third-order valence-electron chi connectivity index (χ3n) is 8.63. The van der Waals surface area contributed by atoms with Gasteiger partial charge in [-0.1, -0.05) is 50.8 Å². The Kier molecular flexibility index (Phi) is 8.67. The quantitative estimate of drug-likeness (QED) is 0.171. The number of carbonyl (C=O) groups is 1. The first-order valence-electron chi connectivity index (χ1n) is 14.4. The lowest BCUT2D eigenvalue weighted by atomic mass is 9.80. The van der Waals surface area contributed by atoms with Gasteiger partial charge in [-0.15, -0.1) is 0 Å². The molecule has 2 heterocycles. The number of carboxylic acids is 1. The van der Waals surface area contributed by atoms with E-state index in [1.165, 1.54) is 28.6 Å². The molecule has 220 valence electrons. The summed E-state index contributed by atoms with van der Waals surface area (Å²) in [6.45, 7) is 11.5. The number of aryl methyl sites for hydroxylation is 1. The van der Waals surface area contributed by atoms with Crippen LogP contribution in [0.1, 0.15) is 82.9 Å². The van der Waals surface area contributed by atoms with E-state index in [0.29, 0.717) is 6.42 Å². The van der Waals surface area contributed by atoms with E-state index in [0.717, 1.165) is 49.2 Å². The standard InChI is InChI=1S/C33H42N2O5S/c1-23-16-18-27-25(21-23)32(2,3)29(34(27)6)13-12-14-30-33(4,5)26-22-24(41(38,39)40)17-19-28(26)35(30)20-11-9-7-8-10-15-31(36)37/h12-14,16-19,21-22H,7-11,15,20H2,1-6H3,(H-,36,37,38,39,40)/p+1. The number of rotatable bonds is 11. The number of nitrogens with zero attached hydrogens (tertiary/aromatic N) is 2. The maximum atomic E-state index is 11.9. The SMILES string of the molecule is Cc1ccc2c(c1)C(C)(C)C(/C=C/C=C1/N(CCCCCCCC(=O)O)c3ccc(S(=O)(=O)O)cc3C1(C)C)=[N+]2C. The Labute approximate surface area is 244 Å². The minimum atomic E-state index is -4.32. The average molecular weight is 580 g/mol. The minimum absolute atomic E-state index is 0.0996. The number of carboxylic acid groups (broad SMARTS) is 1. The fourth-order valence-electron chi connectivity index (χ4n) is 6.31. The summed E-state index contributed by atoms with van der Waals surface area (Å²) in [5.41, 5.74) is 7.20. The predicted molar refractivity (Wildman–Crippen MR) is 164 cm³/mol. The summed E-state index contributed by atoms with van der Waals surface area (Å²) in [7, 11) is -2.22. The summed E-state index contributed by atoms with van der Waals surface area (Å²) < 4.78 is 35.9. The Balaban J connectivity index is 1.63. The van der Waals surface area contributed by atoms with Crippen LogP contribution in [0, 0.1) is 6.92 Å². The second-order valence-electron chi connectivity index (χ2n) is 12.3. The normalized spacial score (nSPS) is 18.4. The predicted octanol–water partition coefficient (Wildman–Crippen LogP) is 6.91. The van der Waals surface area contributed by atoms with Gasteiger partial charge in [0, 0.05) is 47.5 Å². The lowest BCUT2D eigenvalue weighted by Gasteiger charge is -2.27. The molecule has 2 N–H and O–H groups in total. The number of hydrogen-bond donors (Lipinski definition) is 2. The molecule has 4 rings (SSSR count). The van der Waals surface area contributed by atoms with Crippen LogP contribution in [0.5, 0.6) is 0 Å². The Morgan fingerprint density at radius 2 is 1.63 bits per heavy atom. The van der Waals surface area contributed by atoms with E-state index in [9.17, 15) is 17.8 Å². The molecular formula is C33H43N2O5S+. The third-order valence-corrected chi connectivity index (χ3v) is 9.48. The number of aliphatic carboxylic acids is 1. The Hall–Kier alpha value is -3.23. The van der Waals surface area contributed by atoms with Gasteiger partial charge in [0.25, 0.3) is 10.1 Å². The van der Waals surface area contributed by atoms with Crippen LogP contribution in [0.2, 0.25) is 0 Å². The van der Waals surface area contributed by atoms with Gasteiger partial charge in [-0.25, -0.2) is 0 Å². The summed E-state index contributed by atoms with van der Waals surface area (Å²) in [4.78, 5) is 12.9. The van der Waals surface area contributed by atoms with Crippen molar-refractivity contribution in [2.45, 2.75) is 88.9 Å². The fourth-order valence-corrected chi connectivity index (χ4v) is 6.82. The molecule has 0 saturated heterocycles. The molecule has 2 aliphatic heterocycles. The van der Waals surface area contributed by atoms with Crippen LogP contribution < -0.4 is 4.90 Å². The monoisotopic (exact) mass is 579 g/mol. The lowest BCUT2D eigenvalue weighted by molar-refractivity contribution is -0.401. The van der Waals surface area contributed by atoms with Crippen LogP contribution in [0.15, 0.2) is 65.2 Å². The van der Waals surface area contributed by atoms with Crippen molar-refractivity contribution in [3.63, 3.8) is 0 Å². The number of fused-ring (bicyclic) bond motifs is 2. The summed E-state index contributed by atoms with van der Waals surface area (Å²) in [5.74, 6) is -0.752. The van der Waals surface area contributed by atoms with E-state index < -0.39 is 21.5 Å². The van der Waals surface area contributed by atoms with E-state index in [1.54, 1.807) is 12.1 Å². The molecule has 2 aliphatic rings. The number of allylic oxidation sites excluding steroid dienone is 4. The molecular weight excluding hydrogens is 536 g/mol. The first-order valence-corrected chi connectivity index (χ1v) is 15.8. The van der Waals surface area contributed by atoms with Crippen LogP contribution in [-0.2, 0) is 25.7 Å². The van der Waals surface area contributed by atoms with Crippen molar-refractivity contribution < 1.29 is 27.4 Å². The van der Waals surface area contributed by atoms with Crippen molar-refractivity contribution in [3.8, 4) is 0 Å². The van der Waals surface area contributed by atoms with Gasteiger partial charge in [-0.3, -0.25) is 9.35 Å². The highest BCUT2D eigenvalue weighted by Crippen LogP contribution is 2.48. The molecule has 0 radical (unpaired) electrons. The van der Waals surface area contributed by atoms with Crippen LogP contribution >= 0.6 is 0 Å². The molecule has 2 aromatic rings. The van der Waals surface area contributed by atoms with Crippen molar-refractivity contribution in [2.24, 2.45) is 0 Å². The van der Waals surface area contributed by atoms with E-state index in [-0.39, 0.29) is 16.7 Å². The number of benzene rings is 2. The average Bonchev–Trinajstić information content (AvgIpc) is 3.21. The highest BCUT2D eigenvalue weighted by atomic mass is 32.2. The maximum Gasteiger partial charge on any atom is 0.303 e. The smallest absolute Gasteiger partial charge is 0.303 e. The number of unbranched alkanes of at least 4 members (excludes halogenated alkanes) is 4. The van der Waals surface area contributed by atoms with Crippen molar-refractivity contribution in [1.29, 1.82) is 0 Å². The Morgan fingerprint density at radius 3 is 2.32 bits per heavy atom. The molecule has 0 aromatic heterocycles. The largest absolute Gasteiger partial charge is 0.481 e. The second-order valence-corrected chi connectivity index (χ2v) is 13.8. The zero-order valence-corrected chi connectivity index (χ0v) is 25.9. The van der Waals surface area contributed by atoms with Gasteiger partial charge in [-0.05, 0) is 69.5 Å². The van der Waals surface area contributed by atoms with E-state index in [2.05, 4.69) is 87.6 Å². The topological polar surface area (TPSA) is 97.9 Å². The zero-order chi connectivity index (χ0) is 30.2. The van der Waals surface area contributed by atoms with E-state index >= 15 is 0 Å². The van der Waals surface area contributed by atoms with Gasteiger partial charge < -0.3 is 10.0 Å². The molecule has 0 bridgehead atoms. The van der Waals surface area contributed by atoms with Crippen molar-refractivity contribution >= 4 is 33.2 Å². The molecule has 0 aliphatic carbocycles. The molecule has 0 amide bonds. The summed E-state index contributed by atoms with van der Waals surface area (Å²) in [6, 6.07) is 11.4. The highest BCUT2D eigenvalue weighted by molar-refractivity contribution is 7.85. The second kappa shape index (κ2) is 11.6. The van der Waals surface area contributed by atoms with Gasteiger partial charge in [0.1, 0.15) is 7.05 Å². The highest BCUT2D eigenvalue weighted by Gasteiger charge is 2.43. The first-order chi connectivity index (χ1) is 19.2. The van der Waals surface area contributed by atoms with Crippen LogP contribution in [-0.4, -0.2) is 47.9 Å². The van der Waals surface area contributed by atoms with Crippen LogP contribution in [0.3, 0.4) is 0 Å². The first kappa shape index (κ1) is 30.7. The summed E-state index contributed by atoms with van der Waals surface area (Å²) in [5, 5.41) is 8.86. The third kappa shape index (κ3) is 6.19. The van der Waals surface area contributed by atoms with Crippen LogP contribution in [0.4, 0.5) is 11.4 Å².